The highest BCUT2D eigenvalue weighted by molar-refractivity contribution is 5.42. The second-order valence-corrected chi connectivity index (χ2v) is 5.64. The summed E-state index contributed by atoms with van der Waals surface area (Å²) in [6, 6.07) is 6.30. The molecule has 1 N–H and O–H groups in total. The second kappa shape index (κ2) is 8.15. The molecule has 3 nitrogen and oxygen atoms in total. The molecule has 0 fully saturated rings. The molecule has 0 aliphatic rings. The standard InChI is InChI=1S/C17H29NO2/c1-7-10-18-17(13(4)12(2)3)15-11-14(19-5)8-9-16(15)20-6/h8-9,11-13,17-18H,7,10H2,1-6H3. The van der Waals surface area contributed by atoms with Gasteiger partial charge >= 0.3 is 0 Å². The van der Waals surface area contributed by atoms with Gasteiger partial charge < -0.3 is 14.8 Å². The molecule has 0 saturated heterocycles. The molecular formula is C17H29NO2. The van der Waals surface area contributed by atoms with Gasteiger partial charge in [-0.3, -0.25) is 0 Å². The molecule has 0 heterocycles. The molecule has 1 aromatic rings. The molecule has 0 aromatic heterocycles. The Bertz CT molecular complexity index is 404. The first-order chi connectivity index (χ1) is 9.54. The molecule has 0 spiro atoms. The number of benzene rings is 1. The van der Waals surface area contributed by atoms with E-state index in [2.05, 4.69) is 39.1 Å². The molecule has 0 bridgehead atoms. The van der Waals surface area contributed by atoms with Gasteiger partial charge in [-0.25, -0.2) is 0 Å². The van der Waals surface area contributed by atoms with E-state index in [-0.39, 0.29) is 6.04 Å². The van der Waals surface area contributed by atoms with Gasteiger partial charge in [-0.15, -0.1) is 0 Å². The monoisotopic (exact) mass is 279 g/mol. The van der Waals surface area contributed by atoms with Crippen molar-refractivity contribution in [3.63, 3.8) is 0 Å². The van der Waals surface area contributed by atoms with E-state index in [1.165, 1.54) is 5.56 Å². The fraction of sp³-hybridized carbons (Fsp3) is 0.647. The highest BCUT2D eigenvalue weighted by atomic mass is 16.5. The van der Waals surface area contributed by atoms with Crippen LogP contribution in [0.5, 0.6) is 11.5 Å². The summed E-state index contributed by atoms with van der Waals surface area (Å²) in [6.07, 6.45) is 1.12. The number of nitrogens with one attached hydrogen (secondary N) is 1. The summed E-state index contributed by atoms with van der Waals surface area (Å²) in [5.41, 5.74) is 1.18. The van der Waals surface area contributed by atoms with Crippen LogP contribution in [0.25, 0.3) is 0 Å². The van der Waals surface area contributed by atoms with Crippen LogP contribution in [0.3, 0.4) is 0 Å². The van der Waals surface area contributed by atoms with Gasteiger partial charge in [0.05, 0.1) is 14.2 Å². The molecule has 0 aliphatic heterocycles. The van der Waals surface area contributed by atoms with Gasteiger partial charge in [-0.1, -0.05) is 27.7 Å². The van der Waals surface area contributed by atoms with Crippen LogP contribution in [0.4, 0.5) is 0 Å². The van der Waals surface area contributed by atoms with Crippen molar-refractivity contribution in [2.75, 3.05) is 20.8 Å². The third-order valence-corrected chi connectivity index (χ3v) is 3.96. The van der Waals surface area contributed by atoms with Gasteiger partial charge in [-0.2, -0.15) is 0 Å². The minimum Gasteiger partial charge on any atom is -0.497 e. The molecule has 2 unspecified atom stereocenters. The minimum atomic E-state index is 0.278. The van der Waals surface area contributed by atoms with Gasteiger partial charge in [0.1, 0.15) is 11.5 Å². The minimum absolute atomic E-state index is 0.278. The molecule has 3 heteroatoms. The van der Waals surface area contributed by atoms with Crippen molar-refractivity contribution in [2.45, 2.75) is 40.2 Å². The lowest BCUT2D eigenvalue weighted by Crippen LogP contribution is -2.30. The molecule has 0 aliphatic carbocycles. The van der Waals surface area contributed by atoms with E-state index >= 15 is 0 Å². The quantitative estimate of drug-likeness (QED) is 0.779. The molecular weight excluding hydrogens is 250 g/mol. The fourth-order valence-corrected chi connectivity index (χ4v) is 2.35. The zero-order valence-electron chi connectivity index (χ0n) is 13.7. The van der Waals surface area contributed by atoms with Crippen molar-refractivity contribution in [2.24, 2.45) is 11.8 Å². The summed E-state index contributed by atoms with van der Waals surface area (Å²) in [5.74, 6) is 2.91. The van der Waals surface area contributed by atoms with Gasteiger partial charge in [0.2, 0.25) is 0 Å². The number of hydrogen-bond donors (Lipinski definition) is 1. The Morgan fingerprint density at radius 3 is 2.30 bits per heavy atom. The van der Waals surface area contributed by atoms with Crippen molar-refractivity contribution in [1.82, 2.24) is 5.32 Å². The van der Waals surface area contributed by atoms with E-state index in [1.54, 1.807) is 14.2 Å². The summed E-state index contributed by atoms with van der Waals surface area (Å²) in [5, 5.41) is 3.66. The number of methoxy groups -OCH3 is 2. The van der Waals surface area contributed by atoms with Crippen molar-refractivity contribution in [3.05, 3.63) is 23.8 Å². The molecule has 0 radical (unpaired) electrons. The maximum absolute atomic E-state index is 5.54. The molecule has 0 amide bonds. The Morgan fingerprint density at radius 2 is 1.80 bits per heavy atom. The van der Waals surface area contributed by atoms with Crippen molar-refractivity contribution >= 4 is 0 Å². The third-order valence-electron chi connectivity index (χ3n) is 3.96. The number of rotatable bonds is 8. The summed E-state index contributed by atoms with van der Waals surface area (Å²) in [6.45, 7) is 10.0. The zero-order valence-corrected chi connectivity index (χ0v) is 13.7. The third kappa shape index (κ3) is 4.14. The number of ether oxygens (including phenoxy) is 2. The van der Waals surface area contributed by atoms with Gasteiger partial charge in [0.25, 0.3) is 0 Å². The highest BCUT2D eigenvalue weighted by Crippen LogP contribution is 2.35. The average molecular weight is 279 g/mol. The first kappa shape index (κ1) is 16.8. The lowest BCUT2D eigenvalue weighted by atomic mass is 9.85. The van der Waals surface area contributed by atoms with E-state index < -0.39 is 0 Å². The first-order valence-electron chi connectivity index (χ1n) is 7.50. The topological polar surface area (TPSA) is 30.5 Å². The van der Waals surface area contributed by atoms with Crippen LogP contribution in [0, 0.1) is 11.8 Å². The zero-order chi connectivity index (χ0) is 15.1. The Morgan fingerprint density at radius 1 is 1.10 bits per heavy atom. The summed E-state index contributed by atoms with van der Waals surface area (Å²) < 4.78 is 10.9. The maximum Gasteiger partial charge on any atom is 0.123 e. The van der Waals surface area contributed by atoms with E-state index in [0.29, 0.717) is 11.8 Å². The van der Waals surface area contributed by atoms with Crippen LogP contribution in [0.1, 0.15) is 45.7 Å². The van der Waals surface area contributed by atoms with Crippen LogP contribution in [0.2, 0.25) is 0 Å². The average Bonchev–Trinajstić information content (AvgIpc) is 2.46. The van der Waals surface area contributed by atoms with Crippen LogP contribution >= 0.6 is 0 Å². The summed E-state index contributed by atoms with van der Waals surface area (Å²) in [4.78, 5) is 0. The van der Waals surface area contributed by atoms with Crippen LogP contribution in [-0.2, 0) is 0 Å². The molecule has 1 aromatic carbocycles. The molecule has 0 saturated carbocycles. The van der Waals surface area contributed by atoms with Gasteiger partial charge in [-0.05, 0) is 43.0 Å². The van der Waals surface area contributed by atoms with E-state index in [0.717, 1.165) is 24.5 Å². The first-order valence-corrected chi connectivity index (χ1v) is 7.50. The molecule has 1 rings (SSSR count). The molecule has 114 valence electrons. The maximum atomic E-state index is 5.54. The predicted molar refractivity (Wildman–Crippen MR) is 84.6 cm³/mol. The summed E-state index contributed by atoms with van der Waals surface area (Å²) in [7, 11) is 3.42. The number of hydrogen-bond acceptors (Lipinski definition) is 3. The lowest BCUT2D eigenvalue weighted by molar-refractivity contribution is 0.293. The SMILES string of the molecule is CCCNC(c1cc(OC)ccc1OC)C(C)C(C)C. The normalized spacial score (nSPS) is 14.2. The largest absolute Gasteiger partial charge is 0.497 e. The van der Waals surface area contributed by atoms with E-state index in [1.807, 2.05) is 12.1 Å². The van der Waals surface area contributed by atoms with E-state index in [9.17, 15) is 0 Å². The van der Waals surface area contributed by atoms with Crippen molar-refractivity contribution < 1.29 is 9.47 Å². The lowest BCUT2D eigenvalue weighted by Gasteiger charge is -2.30. The van der Waals surface area contributed by atoms with Crippen LogP contribution in [0.15, 0.2) is 18.2 Å². The van der Waals surface area contributed by atoms with E-state index in [4.69, 9.17) is 9.47 Å². The van der Waals surface area contributed by atoms with Gasteiger partial charge in [0, 0.05) is 11.6 Å². The van der Waals surface area contributed by atoms with Crippen molar-refractivity contribution in [1.29, 1.82) is 0 Å². The fourth-order valence-electron chi connectivity index (χ4n) is 2.35. The predicted octanol–water partition coefficient (Wildman–Crippen LogP) is 4.04. The Labute approximate surface area is 123 Å². The van der Waals surface area contributed by atoms with Crippen LogP contribution < -0.4 is 14.8 Å². The van der Waals surface area contributed by atoms with Crippen LogP contribution in [-0.4, -0.2) is 20.8 Å². The van der Waals surface area contributed by atoms with Crippen molar-refractivity contribution in [3.8, 4) is 11.5 Å². The van der Waals surface area contributed by atoms with Gasteiger partial charge in [0.15, 0.2) is 0 Å². The highest BCUT2D eigenvalue weighted by Gasteiger charge is 2.24. The Hall–Kier alpha value is -1.22. The Kier molecular flexibility index (Phi) is 6.86. The molecule has 20 heavy (non-hydrogen) atoms. The smallest absolute Gasteiger partial charge is 0.123 e. The second-order valence-electron chi connectivity index (χ2n) is 5.64. The Balaban J connectivity index is 3.16. The molecule has 2 atom stereocenters. The summed E-state index contributed by atoms with van der Waals surface area (Å²) >= 11 is 0.